The van der Waals surface area contributed by atoms with Crippen molar-refractivity contribution in [3.05, 3.63) is 0 Å². The molecule has 0 spiro atoms. The zero-order valence-electron chi connectivity index (χ0n) is 10.5. The van der Waals surface area contributed by atoms with Crippen LogP contribution in [0.5, 0.6) is 0 Å². The van der Waals surface area contributed by atoms with Crippen LogP contribution in [0.3, 0.4) is 0 Å². The predicted molar refractivity (Wildman–Crippen MR) is 66.2 cm³/mol. The van der Waals surface area contributed by atoms with Crippen LogP contribution in [0.15, 0.2) is 0 Å². The molecule has 0 aliphatic heterocycles. The van der Waals surface area contributed by atoms with Gasteiger partial charge in [0.25, 0.3) is 0 Å². The topological polar surface area (TPSA) is 12.0 Å². The van der Waals surface area contributed by atoms with Crippen LogP contribution in [-0.4, -0.2) is 13.1 Å². The lowest BCUT2D eigenvalue weighted by molar-refractivity contribution is -0.112. The minimum atomic E-state index is 0.835. The van der Waals surface area contributed by atoms with Gasteiger partial charge >= 0.3 is 0 Å². The molecule has 0 unspecified atom stereocenters. The van der Waals surface area contributed by atoms with Crippen LogP contribution in [-0.2, 0) is 0 Å². The third-order valence-electron chi connectivity index (χ3n) is 6.50. The third kappa shape index (κ3) is 1.27. The van der Waals surface area contributed by atoms with E-state index in [1.54, 1.807) is 38.5 Å². The Bertz CT molecular complexity index is 255. The first-order valence-electron chi connectivity index (χ1n) is 7.45. The highest BCUT2D eigenvalue weighted by Gasteiger charge is 2.56. The molecular weight excluding hydrogens is 194 g/mol. The Kier molecular flexibility index (Phi) is 2.02. The second-order valence-electron chi connectivity index (χ2n) is 7.43. The number of hydrogen-bond donors (Lipinski definition) is 1. The summed E-state index contributed by atoms with van der Waals surface area (Å²) in [5.74, 6) is 4.51. The molecule has 0 saturated heterocycles. The van der Waals surface area contributed by atoms with Gasteiger partial charge in [-0.05, 0) is 87.5 Å². The lowest BCUT2D eigenvalue weighted by atomic mass is 9.44. The maximum absolute atomic E-state index is 3.46. The van der Waals surface area contributed by atoms with Gasteiger partial charge in [-0.2, -0.15) is 0 Å². The van der Waals surface area contributed by atoms with Crippen molar-refractivity contribution in [2.45, 2.75) is 57.4 Å². The maximum atomic E-state index is 3.46. The van der Waals surface area contributed by atoms with Crippen LogP contribution in [0.4, 0.5) is 0 Å². The Morgan fingerprint density at radius 2 is 1.31 bits per heavy atom. The Labute approximate surface area is 99.4 Å². The molecule has 5 fully saturated rings. The van der Waals surface area contributed by atoms with Gasteiger partial charge in [0.05, 0.1) is 0 Å². The van der Waals surface area contributed by atoms with Crippen molar-refractivity contribution in [3.8, 4) is 0 Å². The second kappa shape index (κ2) is 3.25. The minimum absolute atomic E-state index is 0.835. The lowest BCUT2D eigenvalue weighted by Gasteiger charge is -2.62. The van der Waals surface area contributed by atoms with E-state index in [0.717, 1.165) is 35.1 Å². The fraction of sp³-hybridized carbons (Fsp3) is 1.00. The van der Waals surface area contributed by atoms with Gasteiger partial charge in [-0.25, -0.2) is 0 Å². The molecule has 1 heteroatoms. The van der Waals surface area contributed by atoms with Crippen molar-refractivity contribution in [2.24, 2.45) is 29.1 Å². The maximum Gasteiger partial charge on any atom is 0.00697 e. The third-order valence-corrected chi connectivity index (χ3v) is 6.50. The second-order valence-corrected chi connectivity index (χ2v) is 7.43. The largest absolute Gasteiger partial charge is 0.317 e. The molecule has 16 heavy (non-hydrogen) atoms. The average Bonchev–Trinajstić information content (AvgIpc) is 2.12. The Morgan fingerprint density at radius 1 is 0.812 bits per heavy atom. The summed E-state index contributed by atoms with van der Waals surface area (Å²) in [7, 11) is 2.14. The SMILES string of the molecule is CNC1CC(C23CC4CC(CC(C4)C2)C3)C1. The summed E-state index contributed by atoms with van der Waals surface area (Å²) in [4.78, 5) is 0. The number of nitrogens with one attached hydrogen (secondary N) is 1. The van der Waals surface area contributed by atoms with Crippen LogP contribution in [0.25, 0.3) is 0 Å². The predicted octanol–water partition coefficient (Wildman–Crippen LogP) is 3.20. The van der Waals surface area contributed by atoms with Crippen molar-refractivity contribution in [1.29, 1.82) is 0 Å². The molecule has 5 aliphatic carbocycles. The number of hydrogen-bond acceptors (Lipinski definition) is 1. The van der Waals surface area contributed by atoms with E-state index >= 15 is 0 Å². The molecule has 1 nitrogen and oxygen atoms in total. The first kappa shape index (κ1) is 9.94. The molecular formula is C15H25N. The molecule has 5 saturated carbocycles. The Balaban J connectivity index is 1.54. The lowest BCUT2D eigenvalue weighted by Crippen LogP contribution is -2.55. The van der Waals surface area contributed by atoms with Gasteiger partial charge in [-0.3, -0.25) is 0 Å². The van der Waals surface area contributed by atoms with Crippen LogP contribution in [0.2, 0.25) is 0 Å². The molecule has 0 amide bonds. The van der Waals surface area contributed by atoms with Crippen LogP contribution >= 0.6 is 0 Å². The van der Waals surface area contributed by atoms with Crippen molar-refractivity contribution < 1.29 is 0 Å². The van der Waals surface area contributed by atoms with Gasteiger partial charge in [-0.15, -0.1) is 0 Å². The quantitative estimate of drug-likeness (QED) is 0.752. The molecule has 0 atom stereocenters. The standard InChI is InChI=1S/C15H25N/c1-16-14-5-13(6-14)15-7-10-2-11(8-15)4-12(3-10)9-15/h10-14,16H,2-9H2,1H3. The van der Waals surface area contributed by atoms with Crippen LogP contribution in [0, 0.1) is 29.1 Å². The van der Waals surface area contributed by atoms with Crippen molar-refractivity contribution in [2.75, 3.05) is 7.05 Å². The molecule has 0 aromatic rings. The molecule has 5 aliphatic rings. The Hall–Kier alpha value is -0.0400. The first-order valence-corrected chi connectivity index (χ1v) is 7.45. The fourth-order valence-corrected chi connectivity index (χ4v) is 6.03. The van der Waals surface area contributed by atoms with E-state index in [1.165, 1.54) is 12.8 Å². The average molecular weight is 219 g/mol. The van der Waals surface area contributed by atoms with E-state index in [0.29, 0.717) is 0 Å². The molecule has 1 N–H and O–H groups in total. The number of rotatable bonds is 2. The van der Waals surface area contributed by atoms with Crippen LogP contribution < -0.4 is 5.32 Å². The van der Waals surface area contributed by atoms with E-state index in [-0.39, 0.29) is 0 Å². The fourth-order valence-electron chi connectivity index (χ4n) is 6.03. The summed E-state index contributed by atoms with van der Waals surface area (Å²) in [6, 6.07) is 0.859. The van der Waals surface area contributed by atoms with Gasteiger partial charge in [0, 0.05) is 6.04 Å². The summed E-state index contributed by atoms with van der Waals surface area (Å²) in [6.45, 7) is 0. The van der Waals surface area contributed by atoms with E-state index in [1.807, 2.05) is 0 Å². The van der Waals surface area contributed by atoms with Crippen LogP contribution in [0.1, 0.15) is 51.4 Å². The smallest absolute Gasteiger partial charge is 0.00697 e. The van der Waals surface area contributed by atoms with Gasteiger partial charge in [0.2, 0.25) is 0 Å². The molecule has 5 rings (SSSR count). The minimum Gasteiger partial charge on any atom is -0.317 e. The molecule has 0 heterocycles. The van der Waals surface area contributed by atoms with Crippen molar-refractivity contribution in [3.63, 3.8) is 0 Å². The van der Waals surface area contributed by atoms with E-state index in [4.69, 9.17) is 0 Å². The molecule has 90 valence electrons. The summed E-state index contributed by atoms with van der Waals surface area (Å²) < 4.78 is 0. The van der Waals surface area contributed by atoms with Gasteiger partial charge in [0.1, 0.15) is 0 Å². The molecule has 0 aromatic carbocycles. The molecule has 4 bridgehead atoms. The van der Waals surface area contributed by atoms with Crippen molar-refractivity contribution in [1.82, 2.24) is 5.32 Å². The van der Waals surface area contributed by atoms with E-state index < -0.39 is 0 Å². The normalized spacial score (nSPS) is 58.7. The summed E-state index contributed by atoms with van der Waals surface area (Å²) in [5, 5.41) is 3.46. The summed E-state index contributed by atoms with van der Waals surface area (Å²) >= 11 is 0. The van der Waals surface area contributed by atoms with E-state index in [2.05, 4.69) is 12.4 Å². The van der Waals surface area contributed by atoms with E-state index in [9.17, 15) is 0 Å². The highest BCUT2D eigenvalue weighted by atomic mass is 14.9. The van der Waals surface area contributed by atoms with Gasteiger partial charge in [-0.1, -0.05) is 0 Å². The zero-order valence-corrected chi connectivity index (χ0v) is 10.5. The summed E-state index contributed by atoms with van der Waals surface area (Å²) in [5.41, 5.74) is 0.835. The highest BCUT2D eigenvalue weighted by molar-refractivity contribution is 5.07. The molecule has 0 aromatic heterocycles. The van der Waals surface area contributed by atoms with Gasteiger partial charge in [0.15, 0.2) is 0 Å². The highest BCUT2D eigenvalue weighted by Crippen LogP contribution is 2.65. The summed E-state index contributed by atoms with van der Waals surface area (Å²) in [6.07, 6.45) is 12.6. The van der Waals surface area contributed by atoms with Gasteiger partial charge < -0.3 is 5.32 Å². The molecule has 0 radical (unpaired) electrons. The first-order chi connectivity index (χ1) is 7.77. The Morgan fingerprint density at radius 3 is 1.75 bits per heavy atom. The van der Waals surface area contributed by atoms with Crippen molar-refractivity contribution >= 4 is 0 Å². The monoisotopic (exact) mass is 219 g/mol. The zero-order chi connectivity index (χ0) is 10.8.